The number of fused-ring (bicyclic) bond motifs is 2. The SMILES string of the molecule is COc1cc2c(C3C(=O)Nc4ccc(S(C)=O)cc43)ncnc2cc1OCCC[N+]1([O-])CCOCC1. The molecule has 1 amide bonds. The third-order valence-electron chi connectivity index (χ3n) is 6.66. The highest BCUT2D eigenvalue weighted by atomic mass is 32.2. The molecule has 2 aromatic carbocycles. The number of nitrogens with one attached hydrogen (secondary N) is 1. The van der Waals surface area contributed by atoms with Gasteiger partial charge in [-0.2, -0.15) is 0 Å². The van der Waals surface area contributed by atoms with Gasteiger partial charge in [0.25, 0.3) is 0 Å². The van der Waals surface area contributed by atoms with Crippen molar-refractivity contribution in [3.63, 3.8) is 0 Å². The Labute approximate surface area is 211 Å². The molecule has 2 unspecified atom stereocenters. The molecule has 3 aromatic rings. The topological polar surface area (TPSA) is 123 Å². The van der Waals surface area contributed by atoms with Crippen LogP contribution in [0.25, 0.3) is 10.9 Å². The van der Waals surface area contributed by atoms with Gasteiger partial charge in [0, 0.05) is 45.5 Å². The number of aromatic nitrogens is 2. The van der Waals surface area contributed by atoms with E-state index in [2.05, 4.69) is 15.3 Å². The summed E-state index contributed by atoms with van der Waals surface area (Å²) in [6, 6.07) is 8.84. The second kappa shape index (κ2) is 10.1. The highest BCUT2D eigenvalue weighted by Crippen LogP contribution is 2.41. The average Bonchev–Trinajstić information content (AvgIpc) is 3.20. The first kappa shape index (κ1) is 24.6. The van der Waals surface area contributed by atoms with E-state index in [9.17, 15) is 14.2 Å². The highest BCUT2D eigenvalue weighted by Gasteiger charge is 2.35. The number of amides is 1. The Kier molecular flexibility index (Phi) is 6.89. The second-order valence-electron chi connectivity index (χ2n) is 8.95. The van der Waals surface area contributed by atoms with E-state index in [1.165, 1.54) is 6.33 Å². The molecule has 0 radical (unpaired) electrons. The lowest BCUT2D eigenvalue weighted by Crippen LogP contribution is -2.51. The maximum absolute atomic E-state index is 13.0. The molecular weight excluding hydrogens is 484 g/mol. The average molecular weight is 513 g/mol. The zero-order valence-electron chi connectivity index (χ0n) is 20.2. The van der Waals surface area contributed by atoms with Gasteiger partial charge < -0.3 is 29.4 Å². The number of methoxy groups -OCH3 is 1. The molecule has 10 nitrogen and oxygen atoms in total. The fraction of sp³-hybridized carbons (Fsp3) is 0.400. The number of hydroxylamine groups is 3. The summed E-state index contributed by atoms with van der Waals surface area (Å²) >= 11 is 0. The summed E-state index contributed by atoms with van der Waals surface area (Å²) in [5.41, 5.74) is 2.54. The molecule has 1 saturated heterocycles. The fourth-order valence-electron chi connectivity index (χ4n) is 4.71. The van der Waals surface area contributed by atoms with Crippen molar-refractivity contribution < 1.29 is 27.9 Å². The molecule has 2 aliphatic heterocycles. The van der Waals surface area contributed by atoms with Gasteiger partial charge in [-0.1, -0.05) is 0 Å². The Hall–Kier alpha value is -3.12. The van der Waals surface area contributed by atoms with Crippen molar-refractivity contribution in [3.8, 4) is 11.5 Å². The molecule has 0 aliphatic carbocycles. The highest BCUT2D eigenvalue weighted by molar-refractivity contribution is 7.84. The van der Waals surface area contributed by atoms with Gasteiger partial charge >= 0.3 is 0 Å². The first-order chi connectivity index (χ1) is 17.4. The van der Waals surface area contributed by atoms with Gasteiger partial charge in [-0.3, -0.25) is 9.00 Å². The summed E-state index contributed by atoms with van der Waals surface area (Å²) in [5, 5.41) is 16.2. The number of rotatable bonds is 8. The zero-order chi connectivity index (χ0) is 25.3. The number of anilines is 1. The van der Waals surface area contributed by atoms with Crippen LogP contribution in [0, 0.1) is 5.21 Å². The van der Waals surface area contributed by atoms with Crippen molar-refractivity contribution in [2.75, 3.05) is 58.1 Å². The lowest BCUT2D eigenvalue weighted by Gasteiger charge is -2.45. The molecule has 0 spiro atoms. The van der Waals surface area contributed by atoms with E-state index in [0.717, 1.165) is 5.56 Å². The van der Waals surface area contributed by atoms with E-state index >= 15 is 0 Å². The van der Waals surface area contributed by atoms with Crippen LogP contribution in [0.15, 0.2) is 41.6 Å². The minimum absolute atomic E-state index is 0.207. The molecule has 5 rings (SSSR count). The Morgan fingerprint density at radius 1 is 1.19 bits per heavy atom. The van der Waals surface area contributed by atoms with Crippen LogP contribution in [0.5, 0.6) is 11.5 Å². The quantitative estimate of drug-likeness (QED) is 0.278. The standard InChI is InChI=1S/C25H28N4O6S/c1-33-21-13-18-20(14-22(21)35-9-3-6-29(31)7-10-34-11-8-29)26-15-27-24(18)23-17-12-16(36(2)32)4-5-19(17)28-25(23)30/h4-5,12-15,23H,3,6-11H2,1-2H3,(H,28,30). The van der Waals surface area contributed by atoms with Gasteiger partial charge in [0.15, 0.2) is 11.5 Å². The minimum Gasteiger partial charge on any atom is -0.633 e. The number of hydrogen-bond acceptors (Lipinski definition) is 8. The molecule has 2 atom stereocenters. The molecule has 0 bridgehead atoms. The zero-order valence-corrected chi connectivity index (χ0v) is 21.0. The Morgan fingerprint density at radius 3 is 2.75 bits per heavy atom. The van der Waals surface area contributed by atoms with E-state index < -0.39 is 16.7 Å². The molecule has 1 N–H and O–H groups in total. The maximum Gasteiger partial charge on any atom is 0.238 e. The van der Waals surface area contributed by atoms with Crippen molar-refractivity contribution in [2.24, 2.45) is 0 Å². The third kappa shape index (κ3) is 4.79. The number of morpholine rings is 1. The largest absolute Gasteiger partial charge is 0.633 e. The third-order valence-corrected chi connectivity index (χ3v) is 7.58. The van der Waals surface area contributed by atoms with E-state index in [1.54, 1.807) is 43.7 Å². The van der Waals surface area contributed by atoms with Crippen LogP contribution in [0.1, 0.15) is 23.6 Å². The molecular formula is C25H28N4O6S. The lowest BCUT2D eigenvalue weighted by molar-refractivity contribution is -0.888. The van der Waals surface area contributed by atoms with Crippen LogP contribution in [0.3, 0.4) is 0 Å². The van der Waals surface area contributed by atoms with Crippen molar-refractivity contribution in [2.45, 2.75) is 17.2 Å². The molecule has 11 heteroatoms. The Bertz CT molecular complexity index is 1330. The van der Waals surface area contributed by atoms with Gasteiger partial charge in [0.05, 0.1) is 44.7 Å². The molecule has 36 heavy (non-hydrogen) atoms. The number of ether oxygens (including phenoxy) is 3. The second-order valence-corrected chi connectivity index (χ2v) is 10.3. The molecule has 1 fully saturated rings. The first-order valence-electron chi connectivity index (χ1n) is 11.8. The van der Waals surface area contributed by atoms with E-state index in [1.807, 2.05) is 0 Å². The van der Waals surface area contributed by atoms with Crippen molar-refractivity contribution >= 4 is 33.3 Å². The molecule has 2 aliphatic rings. The number of benzene rings is 2. The number of hydrogen-bond donors (Lipinski definition) is 1. The van der Waals surface area contributed by atoms with Crippen molar-refractivity contribution in [1.29, 1.82) is 0 Å². The smallest absolute Gasteiger partial charge is 0.238 e. The molecule has 1 aromatic heterocycles. The minimum atomic E-state index is -1.18. The van der Waals surface area contributed by atoms with E-state index in [0.29, 0.717) is 84.6 Å². The number of nitrogens with zero attached hydrogens (tertiary/aromatic N) is 3. The number of carbonyl (C=O) groups excluding carboxylic acids is 1. The van der Waals surface area contributed by atoms with Gasteiger partial charge in [-0.05, 0) is 29.8 Å². The van der Waals surface area contributed by atoms with Crippen LogP contribution in [0.2, 0.25) is 0 Å². The summed E-state index contributed by atoms with van der Waals surface area (Å²) < 4.78 is 28.6. The lowest BCUT2D eigenvalue weighted by atomic mass is 9.94. The van der Waals surface area contributed by atoms with Crippen molar-refractivity contribution in [3.05, 3.63) is 53.1 Å². The fourth-order valence-corrected chi connectivity index (χ4v) is 5.26. The van der Waals surface area contributed by atoms with Crippen LogP contribution in [0.4, 0.5) is 5.69 Å². The summed E-state index contributed by atoms with van der Waals surface area (Å²) in [6.07, 6.45) is 3.62. The van der Waals surface area contributed by atoms with E-state index in [4.69, 9.17) is 14.2 Å². The van der Waals surface area contributed by atoms with Gasteiger partial charge in [0.1, 0.15) is 25.3 Å². The van der Waals surface area contributed by atoms with Gasteiger partial charge in [0.2, 0.25) is 5.91 Å². The van der Waals surface area contributed by atoms with Crippen molar-refractivity contribution in [1.82, 2.24) is 9.97 Å². The summed E-state index contributed by atoms with van der Waals surface area (Å²) in [4.78, 5) is 22.5. The summed E-state index contributed by atoms with van der Waals surface area (Å²) in [7, 11) is 0.362. The molecule has 190 valence electrons. The van der Waals surface area contributed by atoms with E-state index in [-0.39, 0.29) is 10.6 Å². The predicted octanol–water partition coefficient (Wildman–Crippen LogP) is 2.57. The van der Waals surface area contributed by atoms with Crippen LogP contribution in [-0.2, 0) is 20.3 Å². The normalized spacial score (nSPS) is 19.5. The number of quaternary nitrogens is 1. The molecule has 3 heterocycles. The number of carbonyl (C=O) groups is 1. The van der Waals surface area contributed by atoms with Gasteiger partial charge in [-0.25, -0.2) is 9.97 Å². The molecule has 0 saturated carbocycles. The van der Waals surface area contributed by atoms with Gasteiger partial charge in [-0.15, -0.1) is 0 Å². The predicted molar refractivity (Wildman–Crippen MR) is 134 cm³/mol. The monoisotopic (exact) mass is 512 g/mol. The Balaban J connectivity index is 1.41. The first-order valence-corrected chi connectivity index (χ1v) is 13.3. The van der Waals surface area contributed by atoms with Crippen LogP contribution in [-0.4, -0.2) is 77.6 Å². The maximum atomic E-state index is 13.0. The van der Waals surface area contributed by atoms with Crippen LogP contribution >= 0.6 is 0 Å². The van der Waals surface area contributed by atoms with Crippen LogP contribution < -0.4 is 14.8 Å². The Morgan fingerprint density at radius 2 is 2.00 bits per heavy atom. The summed E-state index contributed by atoms with van der Waals surface area (Å²) in [6.45, 7) is 2.74. The summed E-state index contributed by atoms with van der Waals surface area (Å²) in [5.74, 6) is 0.115.